The van der Waals surface area contributed by atoms with E-state index in [0.29, 0.717) is 5.56 Å². The molecule has 2 aliphatic rings. The maximum atomic E-state index is 12.7. The number of carbonyl (C=O) groups excluding carboxylic acids is 1. The molecule has 2 aromatic rings. The van der Waals surface area contributed by atoms with Gasteiger partial charge in [-0.15, -0.1) is 0 Å². The average molecular weight is 370 g/mol. The first kappa shape index (κ1) is 17.2. The molecule has 0 heterocycles. The number of carbonyl (C=O) groups is 1. The van der Waals surface area contributed by atoms with Crippen molar-refractivity contribution in [1.82, 2.24) is 10.0 Å². The van der Waals surface area contributed by atoms with Gasteiger partial charge in [-0.3, -0.25) is 4.79 Å². The number of benzene rings is 2. The lowest BCUT2D eigenvalue weighted by atomic mass is 10.1. The Morgan fingerprint density at radius 1 is 1.08 bits per heavy atom. The average Bonchev–Trinajstić information content (AvgIpc) is 3.33. The van der Waals surface area contributed by atoms with Crippen LogP contribution in [0.25, 0.3) is 0 Å². The maximum Gasteiger partial charge on any atom is 0.251 e. The summed E-state index contributed by atoms with van der Waals surface area (Å²) in [5.74, 6) is -0.244. The van der Waals surface area contributed by atoms with Crippen molar-refractivity contribution in [2.75, 3.05) is 0 Å². The van der Waals surface area contributed by atoms with E-state index in [9.17, 15) is 13.2 Å². The van der Waals surface area contributed by atoms with Crippen molar-refractivity contribution >= 4 is 15.9 Å². The molecule has 2 N–H and O–H groups in total. The molecule has 136 valence electrons. The third-order valence-corrected chi connectivity index (χ3v) is 6.51. The van der Waals surface area contributed by atoms with Gasteiger partial charge in [0.15, 0.2) is 0 Å². The smallest absolute Gasteiger partial charge is 0.251 e. The molecule has 0 aliphatic heterocycles. The van der Waals surface area contributed by atoms with Crippen LogP contribution < -0.4 is 10.0 Å². The topological polar surface area (TPSA) is 75.3 Å². The first-order valence-corrected chi connectivity index (χ1v) is 10.4. The first-order valence-electron chi connectivity index (χ1n) is 8.95. The fourth-order valence-corrected chi connectivity index (χ4v) is 4.78. The molecule has 1 fully saturated rings. The minimum atomic E-state index is -3.56. The van der Waals surface area contributed by atoms with Crippen LogP contribution in [0.5, 0.6) is 0 Å². The van der Waals surface area contributed by atoms with E-state index in [4.69, 9.17) is 0 Å². The number of fused-ring (bicyclic) bond motifs is 1. The molecule has 0 aromatic heterocycles. The van der Waals surface area contributed by atoms with Crippen molar-refractivity contribution in [3.63, 3.8) is 0 Å². The Morgan fingerprint density at radius 3 is 2.65 bits per heavy atom. The predicted octanol–water partition coefficient (Wildman–Crippen LogP) is 2.85. The minimum Gasteiger partial charge on any atom is -0.345 e. The second kappa shape index (κ2) is 6.52. The summed E-state index contributed by atoms with van der Waals surface area (Å²) in [6, 6.07) is 12.5. The third kappa shape index (κ3) is 3.52. The molecule has 26 heavy (non-hydrogen) atoms. The third-order valence-electron chi connectivity index (χ3n) is 4.99. The van der Waals surface area contributed by atoms with Crippen LogP contribution in [0, 0.1) is 6.92 Å². The highest BCUT2D eigenvalue weighted by Gasteiger charge is 2.29. The van der Waals surface area contributed by atoms with E-state index in [1.165, 1.54) is 23.3 Å². The lowest BCUT2D eigenvalue weighted by molar-refractivity contribution is 0.0936. The maximum absolute atomic E-state index is 12.7. The van der Waals surface area contributed by atoms with Gasteiger partial charge in [0.25, 0.3) is 5.91 Å². The Bertz CT molecular complexity index is 965. The van der Waals surface area contributed by atoms with Crippen LogP contribution >= 0.6 is 0 Å². The highest BCUT2D eigenvalue weighted by molar-refractivity contribution is 7.89. The van der Waals surface area contributed by atoms with Gasteiger partial charge in [-0.2, -0.15) is 0 Å². The molecule has 5 nitrogen and oxygen atoms in total. The molecule has 0 spiro atoms. The molecule has 4 rings (SSSR count). The van der Waals surface area contributed by atoms with Gasteiger partial charge in [0.1, 0.15) is 0 Å². The lowest BCUT2D eigenvalue weighted by Crippen LogP contribution is -2.28. The summed E-state index contributed by atoms with van der Waals surface area (Å²) >= 11 is 0. The highest BCUT2D eigenvalue weighted by Crippen LogP contribution is 2.32. The zero-order valence-corrected chi connectivity index (χ0v) is 15.5. The molecule has 2 aliphatic carbocycles. The zero-order valence-electron chi connectivity index (χ0n) is 14.7. The predicted molar refractivity (Wildman–Crippen MR) is 99.5 cm³/mol. The van der Waals surface area contributed by atoms with Crippen molar-refractivity contribution in [2.24, 2.45) is 0 Å². The molecule has 1 atom stereocenters. The van der Waals surface area contributed by atoms with Crippen molar-refractivity contribution < 1.29 is 13.2 Å². The molecular weight excluding hydrogens is 348 g/mol. The van der Waals surface area contributed by atoms with E-state index < -0.39 is 10.0 Å². The van der Waals surface area contributed by atoms with Gasteiger partial charge < -0.3 is 5.32 Å². The highest BCUT2D eigenvalue weighted by atomic mass is 32.2. The SMILES string of the molecule is Cc1ccc2c(c1)CCC2NC(=O)c1cccc(S(=O)(=O)NC2CC2)c1. The summed E-state index contributed by atoms with van der Waals surface area (Å²) in [6.45, 7) is 2.06. The molecule has 1 saturated carbocycles. The van der Waals surface area contributed by atoms with Crippen LogP contribution in [-0.2, 0) is 16.4 Å². The normalized spacial score (nSPS) is 19.2. The summed E-state index contributed by atoms with van der Waals surface area (Å²) in [7, 11) is -3.56. The van der Waals surface area contributed by atoms with Crippen LogP contribution in [0.3, 0.4) is 0 Å². The van der Waals surface area contributed by atoms with E-state index in [0.717, 1.165) is 31.2 Å². The fraction of sp³-hybridized carbons (Fsp3) is 0.350. The van der Waals surface area contributed by atoms with Gasteiger partial charge in [0, 0.05) is 11.6 Å². The van der Waals surface area contributed by atoms with Crippen molar-refractivity contribution in [3.8, 4) is 0 Å². The molecular formula is C20H22N2O3S. The van der Waals surface area contributed by atoms with Crippen LogP contribution in [0.2, 0.25) is 0 Å². The summed E-state index contributed by atoms with van der Waals surface area (Å²) < 4.78 is 27.4. The van der Waals surface area contributed by atoms with Gasteiger partial charge in [0.2, 0.25) is 10.0 Å². The van der Waals surface area contributed by atoms with Gasteiger partial charge >= 0.3 is 0 Å². The van der Waals surface area contributed by atoms with Crippen LogP contribution in [0.1, 0.15) is 52.4 Å². The first-order chi connectivity index (χ1) is 12.4. The summed E-state index contributed by atoms with van der Waals surface area (Å²) in [5.41, 5.74) is 4.02. The number of nitrogens with one attached hydrogen (secondary N) is 2. The van der Waals surface area contributed by atoms with Crippen LogP contribution in [0.15, 0.2) is 47.4 Å². The second-order valence-electron chi connectivity index (χ2n) is 7.19. The Balaban J connectivity index is 1.52. The largest absolute Gasteiger partial charge is 0.345 e. The van der Waals surface area contributed by atoms with Gasteiger partial charge in [-0.1, -0.05) is 29.8 Å². The lowest BCUT2D eigenvalue weighted by Gasteiger charge is -2.15. The van der Waals surface area contributed by atoms with E-state index in [1.54, 1.807) is 12.1 Å². The van der Waals surface area contributed by atoms with E-state index >= 15 is 0 Å². The monoisotopic (exact) mass is 370 g/mol. The quantitative estimate of drug-likeness (QED) is 0.850. The molecule has 0 radical (unpaired) electrons. The number of sulfonamides is 1. The number of rotatable bonds is 5. The molecule has 0 bridgehead atoms. The van der Waals surface area contributed by atoms with Crippen LogP contribution in [0.4, 0.5) is 0 Å². The molecule has 6 heteroatoms. The fourth-order valence-electron chi connectivity index (χ4n) is 3.43. The zero-order chi connectivity index (χ0) is 18.3. The van der Waals surface area contributed by atoms with Gasteiger partial charge in [0.05, 0.1) is 10.9 Å². The number of aryl methyl sites for hydroxylation is 2. The number of hydrogen-bond donors (Lipinski definition) is 2. The van der Waals surface area contributed by atoms with Crippen LogP contribution in [-0.4, -0.2) is 20.4 Å². The van der Waals surface area contributed by atoms with E-state index in [1.807, 2.05) is 0 Å². The van der Waals surface area contributed by atoms with E-state index in [2.05, 4.69) is 35.2 Å². The standard InChI is InChI=1S/C20H22N2O3S/c1-13-5-9-18-14(11-13)6-10-19(18)21-20(23)15-3-2-4-17(12-15)26(24,25)22-16-7-8-16/h2-5,9,11-12,16,19,22H,6-8,10H2,1H3,(H,21,23). The molecule has 1 amide bonds. The summed E-state index contributed by atoms with van der Waals surface area (Å²) in [6.07, 6.45) is 3.56. The molecule has 1 unspecified atom stereocenters. The summed E-state index contributed by atoms with van der Waals surface area (Å²) in [4.78, 5) is 12.8. The Kier molecular flexibility index (Phi) is 4.32. The van der Waals surface area contributed by atoms with Crippen molar-refractivity contribution in [2.45, 2.75) is 49.6 Å². The summed E-state index contributed by atoms with van der Waals surface area (Å²) in [5, 5.41) is 3.05. The Morgan fingerprint density at radius 2 is 1.88 bits per heavy atom. The van der Waals surface area contributed by atoms with Crippen molar-refractivity contribution in [1.29, 1.82) is 0 Å². The second-order valence-corrected chi connectivity index (χ2v) is 8.90. The minimum absolute atomic E-state index is 0.0250. The van der Waals surface area contributed by atoms with Crippen molar-refractivity contribution in [3.05, 3.63) is 64.7 Å². The number of amides is 1. The molecule has 0 saturated heterocycles. The van der Waals surface area contributed by atoms with E-state index in [-0.39, 0.29) is 22.9 Å². The van der Waals surface area contributed by atoms with Gasteiger partial charge in [-0.25, -0.2) is 13.1 Å². The van der Waals surface area contributed by atoms with Gasteiger partial charge in [-0.05, 0) is 61.9 Å². The number of hydrogen-bond acceptors (Lipinski definition) is 3. The molecule has 2 aromatic carbocycles. The Labute approximate surface area is 153 Å². The Hall–Kier alpha value is -2.18.